The van der Waals surface area contributed by atoms with Gasteiger partial charge in [-0.1, -0.05) is 43.9 Å². The van der Waals surface area contributed by atoms with E-state index in [9.17, 15) is 9.18 Å². The summed E-state index contributed by atoms with van der Waals surface area (Å²) in [5.74, 6) is -0.304. The first-order valence-corrected chi connectivity index (χ1v) is 9.46. The maximum Gasteiger partial charge on any atom is 0.270 e. The van der Waals surface area contributed by atoms with Crippen molar-refractivity contribution in [1.82, 2.24) is 10.3 Å². The number of aromatic nitrogens is 1. The fraction of sp³-hybridized carbons (Fsp3) is 0.429. The molecular formula is C21H26FN3O. The highest BCUT2D eigenvalue weighted by Crippen LogP contribution is 2.18. The molecule has 1 saturated carbocycles. The maximum absolute atomic E-state index is 13.6. The first kappa shape index (κ1) is 18.4. The van der Waals surface area contributed by atoms with Crippen molar-refractivity contribution in [1.29, 1.82) is 0 Å². The number of hydrogen-bond donors (Lipinski definition) is 2. The van der Waals surface area contributed by atoms with E-state index in [2.05, 4.69) is 15.6 Å². The van der Waals surface area contributed by atoms with E-state index in [0.717, 1.165) is 18.5 Å². The van der Waals surface area contributed by atoms with Gasteiger partial charge in [-0.05, 0) is 43.0 Å². The normalized spacial score (nSPS) is 15.3. The molecule has 1 amide bonds. The maximum atomic E-state index is 13.6. The van der Waals surface area contributed by atoms with Crippen molar-refractivity contribution in [2.45, 2.75) is 51.0 Å². The molecule has 4 nitrogen and oxygen atoms in total. The monoisotopic (exact) mass is 355 g/mol. The highest BCUT2D eigenvalue weighted by molar-refractivity contribution is 5.93. The Kier molecular flexibility index (Phi) is 6.58. The van der Waals surface area contributed by atoms with Gasteiger partial charge in [0.05, 0.1) is 0 Å². The summed E-state index contributed by atoms with van der Waals surface area (Å²) in [7, 11) is 0. The molecule has 1 heterocycles. The van der Waals surface area contributed by atoms with Crippen LogP contribution >= 0.6 is 0 Å². The summed E-state index contributed by atoms with van der Waals surface area (Å²) in [5.41, 5.74) is 1.92. The number of hydrogen-bond acceptors (Lipinski definition) is 3. The van der Waals surface area contributed by atoms with Crippen LogP contribution in [0, 0.1) is 5.82 Å². The minimum absolute atomic E-state index is 0.116. The van der Waals surface area contributed by atoms with Crippen molar-refractivity contribution in [3.63, 3.8) is 0 Å². The molecule has 2 aromatic rings. The molecule has 3 rings (SSSR count). The molecule has 1 aromatic carbocycles. The van der Waals surface area contributed by atoms with Gasteiger partial charge in [-0.3, -0.25) is 9.78 Å². The van der Waals surface area contributed by atoms with E-state index >= 15 is 0 Å². The Labute approximate surface area is 154 Å². The van der Waals surface area contributed by atoms with Gasteiger partial charge in [0.15, 0.2) is 0 Å². The summed E-state index contributed by atoms with van der Waals surface area (Å²) in [6, 6.07) is 10.6. The van der Waals surface area contributed by atoms with Crippen LogP contribution in [0.4, 0.5) is 10.1 Å². The fourth-order valence-corrected chi connectivity index (χ4v) is 3.39. The largest absolute Gasteiger partial charge is 0.385 e. The van der Waals surface area contributed by atoms with Crippen LogP contribution in [0.5, 0.6) is 0 Å². The van der Waals surface area contributed by atoms with Gasteiger partial charge in [0.1, 0.15) is 11.5 Å². The molecule has 0 saturated heterocycles. The molecule has 1 aliphatic carbocycles. The molecule has 0 radical (unpaired) electrons. The molecule has 0 atom stereocenters. The summed E-state index contributed by atoms with van der Waals surface area (Å²) in [5, 5.41) is 6.36. The van der Waals surface area contributed by atoms with Crippen molar-refractivity contribution in [3.05, 3.63) is 59.7 Å². The predicted octanol–water partition coefficient (Wildman–Crippen LogP) is 4.33. The third kappa shape index (κ3) is 5.28. The Morgan fingerprint density at radius 1 is 1.12 bits per heavy atom. The quantitative estimate of drug-likeness (QED) is 0.759. The third-order valence-corrected chi connectivity index (χ3v) is 4.86. The number of rotatable bonds is 6. The second-order valence-corrected chi connectivity index (χ2v) is 6.86. The molecule has 0 aliphatic heterocycles. The Bertz CT molecular complexity index is 727. The van der Waals surface area contributed by atoms with E-state index in [0.29, 0.717) is 24.2 Å². The zero-order valence-electron chi connectivity index (χ0n) is 15.0. The van der Waals surface area contributed by atoms with Gasteiger partial charge in [-0.2, -0.15) is 0 Å². The topological polar surface area (TPSA) is 54.0 Å². The zero-order valence-corrected chi connectivity index (χ0v) is 15.0. The first-order valence-electron chi connectivity index (χ1n) is 9.46. The van der Waals surface area contributed by atoms with E-state index < -0.39 is 0 Å². The second kappa shape index (κ2) is 9.32. The van der Waals surface area contributed by atoms with Crippen LogP contribution in [-0.4, -0.2) is 23.5 Å². The highest BCUT2D eigenvalue weighted by atomic mass is 19.1. The summed E-state index contributed by atoms with van der Waals surface area (Å²) in [4.78, 5) is 16.7. The van der Waals surface area contributed by atoms with Gasteiger partial charge >= 0.3 is 0 Å². The van der Waals surface area contributed by atoms with Crippen LogP contribution in [0.15, 0.2) is 42.6 Å². The van der Waals surface area contributed by atoms with E-state index in [4.69, 9.17) is 0 Å². The minimum Gasteiger partial charge on any atom is -0.385 e. The Morgan fingerprint density at radius 2 is 1.88 bits per heavy atom. The number of amides is 1. The molecule has 26 heavy (non-hydrogen) atoms. The van der Waals surface area contributed by atoms with Crippen LogP contribution in [0.25, 0.3) is 0 Å². The number of carbonyl (C=O) groups is 1. The lowest BCUT2D eigenvalue weighted by Gasteiger charge is -2.16. The van der Waals surface area contributed by atoms with Gasteiger partial charge in [-0.15, -0.1) is 0 Å². The van der Waals surface area contributed by atoms with Gasteiger partial charge in [0.2, 0.25) is 0 Å². The molecule has 138 valence electrons. The lowest BCUT2D eigenvalue weighted by Crippen LogP contribution is -2.34. The average molecular weight is 355 g/mol. The Hall–Kier alpha value is -2.43. The van der Waals surface area contributed by atoms with Crippen molar-refractivity contribution in [2.24, 2.45) is 0 Å². The zero-order chi connectivity index (χ0) is 18.2. The number of anilines is 1. The minimum atomic E-state index is -0.188. The lowest BCUT2D eigenvalue weighted by molar-refractivity contribution is 0.0928. The number of pyridine rings is 1. The highest BCUT2D eigenvalue weighted by Gasteiger charge is 2.16. The lowest BCUT2D eigenvalue weighted by atomic mass is 10.1. The molecular weight excluding hydrogens is 329 g/mol. The van der Waals surface area contributed by atoms with Crippen LogP contribution in [0.2, 0.25) is 0 Å². The number of carbonyl (C=O) groups excluding carboxylic acids is 1. The van der Waals surface area contributed by atoms with Gasteiger partial charge in [0, 0.05) is 24.5 Å². The van der Waals surface area contributed by atoms with Crippen molar-refractivity contribution < 1.29 is 9.18 Å². The van der Waals surface area contributed by atoms with Crippen LogP contribution in [0.3, 0.4) is 0 Å². The number of benzene rings is 1. The van der Waals surface area contributed by atoms with E-state index in [-0.39, 0.29) is 17.8 Å². The van der Waals surface area contributed by atoms with Crippen molar-refractivity contribution >= 4 is 11.6 Å². The second-order valence-electron chi connectivity index (χ2n) is 6.86. The average Bonchev–Trinajstić information content (AvgIpc) is 2.92. The van der Waals surface area contributed by atoms with E-state index in [1.54, 1.807) is 24.4 Å². The molecule has 5 heteroatoms. The van der Waals surface area contributed by atoms with Gasteiger partial charge in [0.25, 0.3) is 5.91 Å². The molecule has 2 N–H and O–H groups in total. The van der Waals surface area contributed by atoms with Crippen molar-refractivity contribution in [3.8, 4) is 0 Å². The summed E-state index contributed by atoms with van der Waals surface area (Å²) >= 11 is 0. The van der Waals surface area contributed by atoms with E-state index in [1.807, 2.05) is 12.1 Å². The molecule has 1 fully saturated rings. The fourth-order valence-electron chi connectivity index (χ4n) is 3.39. The molecule has 1 aliphatic rings. The number of halogens is 1. The Morgan fingerprint density at radius 3 is 2.65 bits per heavy atom. The smallest absolute Gasteiger partial charge is 0.270 e. The van der Waals surface area contributed by atoms with Gasteiger partial charge < -0.3 is 10.6 Å². The van der Waals surface area contributed by atoms with Crippen LogP contribution < -0.4 is 10.6 Å². The predicted molar refractivity (Wildman–Crippen MR) is 102 cm³/mol. The van der Waals surface area contributed by atoms with Gasteiger partial charge in [-0.25, -0.2) is 4.39 Å². The molecule has 0 bridgehead atoms. The standard InChI is InChI=1S/C21H26FN3O/c22-19-10-6-5-7-16(19)11-13-23-18-12-14-24-20(15-18)21(26)25-17-8-3-1-2-4-9-17/h5-7,10,12,14-15,17H,1-4,8-9,11,13H2,(H,23,24)(H,25,26). The van der Waals surface area contributed by atoms with Crippen LogP contribution in [-0.2, 0) is 6.42 Å². The molecule has 0 spiro atoms. The van der Waals surface area contributed by atoms with Crippen LogP contribution in [0.1, 0.15) is 54.6 Å². The Balaban J connectivity index is 1.53. The summed E-state index contributed by atoms with van der Waals surface area (Å²) < 4.78 is 13.6. The molecule has 0 unspecified atom stereocenters. The summed E-state index contributed by atoms with van der Waals surface area (Å²) in [6.07, 6.45) is 9.18. The van der Waals surface area contributed by atoms with E-state index in [1.165, 1.54) is 31.7 Å². The third-order valence-electron chi connectivity index (χ3n) is 4.86. The number of nitrogens with one attached hydrogen (secondary N) is 2. The first-order chi connectivity index (χ1) is 12.7. The number of nitrogens with zero attached hydrogens (tertiary/aromatic N) is 1. The summed E-state index contributed by atoms with van der Waals surface area (Å²) in [6.45, 7) is 0.592. The molecule has 1 aromatic heterocycles. The SMILES string of the molecule is O=C(NC1CCCCCC1)c1cc(NCCc2ccccc2F)ccn1. The van der Waals surface area contributed by atoms with Crippen molar-refractivity contribution in [2.75, 3.05) is 11.9 Å².